The number of nitrogens with two attached hydrogens (primary N) is 2. The van der Waals surface area contributed by atoms with Gasteiger partial charge in [-0.15, -0.1) is 0 Å². The average Bonchev–Trinajstić information content (AvgIpc) is 2.15. The number of hydrogen-bond donors (Lipinski definition) is 2. The molecule has 1 heterocycles. The molecule has 0 bridgehead atoms. The van der Waals surface area contributed by atoms with E-state index in [0.29, 0.717) is 12.1 Å². The van der Waals surface area contributed by atoms with Gasteiger partial charge in [-0.2, -0.15) is 0 Å². The molecule has 1 amide bonds. The van der Waals surface area contributed by atoms with Crippen molar-refractivity contribution in [3.8, 4) is 0 Å². The van der Waals surface area contributed by atoms with E-state index in [1.165, 1.54) is 6.20 Å². The van der Waals surface area contributed by atoms with Gasteiger partial charge in [-0.25, -0.2) is 0 Å². The minimum atomic E-state index is -0.476. The first kappa shape index (κ1) is 9.41. The second-order valence-corrected chi connectivity index (χ2v) is 2.51. The van der Waals surface area contributed by atoms with Crippen molar-refractivity contribution in [3.63, 3.8) is 0 Å². The molecule has 4 heteroatoms. The number of hydrogen-bond acceptors (Lipinski definition) is 3. The number of amides is 1. The number of carbonyl (C=O) groups excluding carboxylic acids is 1. The van der Waals surface area contributed by atoms with Gasteiger partial charge >= 0.3 is 0 Å². The van der Waals surface area contributed by atoms with Crippen LogP contribution < -0.4 is 11.5 Å². The van der Waals surface area contributed by atoms with E-state index < -0.39 is 5.91 Å². The SMILES string of the molecule is NCC=Cc1cncc(C(N)=O)c1. The minimum absolute atomic E-state index is 0.402. The Morgan fingerprint density at radius 3 is 2.92 bits per heavy atom. The van der Waals surface area contributed by atoms with E-state index in [0.717, 1.165) is 5.56 Å². The van der Waals surface area contributed by atoms with Crippen LogP contribution in [0.1, 0.15) is 15.9 Å². The maximum Gasteiger partial charge on any atom is 0.250 e. The number of nitrogens with zero attached hydrogens (tertiary/aromatic N) is 1. The number of carbonyl (C=O) groups is 1. The van der Waals surface area contributed by atoms with Gasteiger partial charge in [0.25, 0.3) is 0 Å². The van der Waals surface area contributed by atoms with Gasteiger partial charge < -0.3 is 11.5 Å². The van der Waals surface area contributed by atoms with Crippen LogP contribution in [-0.2, 0) is 0 Å². The van der Waals surface area contributed by atoms with Gasteiger partial charge in [0.05, 0.1) is 5.56 Å². The summed E-state index contributed by atoms with van der Waals surface area (Å²) in [4.78, 5) is 14.6. The summed E-state index contributed by atoms with van der Waals surface area (Å²) < 4.78 is 0. The summed E-state index contributed by atoms with van der Waals surface area (Å²) in [5.74, 6) is -0.476. The van der Waals surface area contributed by atoms with Crippen molar-refractivity contribution in [2.45, 2.75) is 0 Å². The van der Waals surface area contributed by atoms with E-state index in [-0.39, 0.29) is 0 Å². The van der Waals surface area contributed by atoms with E-state index in [1.54, 1.807) is 24.4 Å². The van der Waals surface area contributed by atoms with Crippen molar-refractivity contribution in [2.24, 2.45) is 11.5 Å². The molecule has 0 fully saturated rings. The van der Waals surface area contributed by atoms with Gasteiger partial charge in [-0.05, 0) is 11.6 Å². The number of pyridine rings is 1. The first-order valence-corrected chi connectivity index (χ1v) is 3.85. The molecule has 1 aromatic rings. The third-order valence-electron chi connectivity index (χ3n) is 1.49. The maximum absolute atomic E-state index is 10.8. The molecular formula is C9H11N3O. The van der Waals surface area contributed by atoms with Crippen LogP contribution in [0.25, 0.3) is 6.08 Å². The Morgan fingerprint density at radius 2 is 2.31 bits per heavy atom. The molecular weight excluding hydrogens is 166 g/mol. The normalized spacial score (nSPS) is 10.5. The van der Waals surface area contributed by atoms with Crippen molar-refractivity contribution in [1.82, 2.24) is 4.98 Å². The molecule has 13 heavy (non-hydrogen) atoms. The highest BCUT2D eigenvalue weighted by molar-refractivity contribution is 5.92. The molecule has 1 rings (SSSR count). The van der Waals surface area contributed by atoms with Crippen LogP contribution >= 0.6 is 0 Å². The molecule has 0 saturated carbocycles. The van der Waals surface area contributed by atoms with Crippen molar-refractivity contribution in [1.29, 1.82) is 0 Å². The molecule has 0 aliphatic heterocycles. The highest BCUT2D eigenvalue weighted by Crippen LogP contribution is 2.03. The van der Waals surface area contributed by atoms with Crippen LogP contribution in [0.3, 0.4) is 0 Å². The van der Waals surface area contributed by atoms with E-state index >= 15 is 0 Å². The van der Waals surface area contributed by atoms with E-state index in [9.17, 15) is 4.79 Å². The molecule has 0 aliphatic rings. The van der Waals surface area contributed by atoms with E-state index in [1.807, 2.05) is 0 Å². The zero-order chi connectivity index (χ0) is 9.68. The molecule has 0 atom stereocenters. The first-order chi connectivity index (χ1) is 6.24. The van der Waals surface area contributed by atoms with Gasteiger partial charge in [-0.1, -0.05) is 12.2 Å². The zero-order valence-corrected chi connectivity index (χ0v) is 7.10. The molecule has 0 radical (unpaired) electrons. The van der Waals surface area contributed by atoms with Gasteiger partial charge in [0.15, 0.2) is 0 Å². The monoisotopic (exact) mass is 177 g/mol. The average molecular weight is 177 g/mol. The number of rotatable bonds is 3. The highest BCUT2D eigenvalue weighted by atomic mass is 16.1. The number of aromatic nitrogens is 1. The van der Waals surface area contributed by atoms with Crippen LogP contribution in [0, 0.1) is 0 Å². The lowest BCUT2D eigenvalue weighted by Crippen LogP contribution is -2.11. The standard InChI is InChI=1S/C9H11N3O/c10-3-1-2-7-4-8(9(11)13)6-12-5-7/h1-2,4-6H,3,10H2,(H2,11,13). The predicted octanol–water partition coefficient (Wildman–Crippen LogP) is 0.152. The van der Waals surface area contributed by atoms with Crippen molar-refractivity contribution in [3.05, 3.63) is 35.7 Å². The third kappa shape index (κ3) is 2.68. The van der Waals surface area contributed by atoms with E-state index in [2.05, 4.69) is 4.98 Å². The highest BCUT2D eigenvalue weighted by Gasteiger charge is 1.99. The molecule has 0 spiro atoms. The zero-order valence-electron chi connectivity index (χ0n) is 7.10. The van der Waals surface area contributed by atoms with E-state index in [4.69, 9.17) is 11.5 Å². The smallest absolute Gasteiger partial charge is 0.250 e. The second-order valence-electron chi connectivity index (χ2n) is 2.51. The first-order valence-electron chi connectivity index (χ1n) is 3.85. The Morgan fingerprint density at radius 1 is 1.54 bits per heavy atom. The Labute approximate surface area is 76.3 Å². The third-order valence-corrected chi connectivity index (χ3v) is 1.49. The molecule has 0 unspecified atom stereocenters. The Bertz CT molecular complexity index is 333. The molecule has 0 saturated heterocycles. The summed E-state index contributed by atoms with van der Waals surface area (Å²) in [5.41, 5.74) is 11.6. The van der Waals surface area contributed by atoms with Crippen molar-refractivity contribution < 1.29 is 4.79 Å². The molecule has 4 nitrogen and oxygen atoms in total. The largest absolute Gasteiger partial charge is 0.366 e. The number of primary amides is 1. The molecule has 1 aromatic heterocycles. The summed E-state index contributed by atoms with van der Waals surface area (Å²) in [6.45, 7) is 0.459. The fourth-order valence-corrected chi connectivity index (χ4v) is 0.888. The lowest BCUT2D eigenvalue weighted by atomic mass is 10.2. The van der Waals surface area contributed by atoms with Gasteiger partial charge in [0.1, 0.15) is 0 Å². The lowest BCUT2D eigenvalue weighted by Gasteiger charge is -1.95. The predicted molar refractivity (Wildman–Crippen MR) is 50.8 cm³/mol. The van der Waals surface area contributed by atoms with Crippen LogP contribution in [0.5, 0.6) is 0 Å². The fraction of sp³-hybridized carbons (Fsp3) is 0.111. The Balaban J connectivity index is 2.92. The fourth-order valence-electron chi connectivity index (χ4n) is 0.888. The maximum atomic E-state index is 10.8. The summed E-state index contributed by atoms with van der Waals surface area (Å²) in [7, 11) is 0. The Kier molecular flexibility index (Phi) is 3.16. The molecule has 68 valence electrons. The molecule has 0 aromatic carbocycles. The second kappa shape index (κ2) is 4.37. The topological polar surface area (TPSA) is 82.0 Å². The molecule has 0 aliphatic carbocycles. The van der Waals surface area contributed by atoms with Crippen LogP contribution in [-0.4, -0.2) is 17.4 Å². The van der Waals surface area contributed by atoms with Gasteiger partial charge in [0.2, 0.25) is 5.91 Å². The summed E-state index contributed by atoms with van der Waals surface area (Å²) in [6.07, 6.45) is 6.64. The molecule has 4 N–H and O–H groups in total. The summed E-state index contributed by atoms with van der Waals surface area (Å²) in [6, 6.07) is 1.67. The van der Waals surface area contributed by atoms with Crippen LogP contribution in [0.4, 0.5) is 0 Å². The summed E-state index contributed by atoms with van der Waals surface area (Å²) in [5, 5.41) is 0. The minimum Gasteiger partial charge on any atom is -0.366 e. The quantitative estimate of drug-likeness (QED) is 0.689. The summed E-state index contributed by atoms with van der Waals surface area (Å²) >= 11 is 0. The lowest BCUT2D eigenvalue weighted by molar-refractivity contribution is 0.1000. The van der Waals surface area contributed by atoms with Crippen molar-refractivity contribution in [2.75, 3.05) is 6.54 Å². The van der Waals surface area contributed by atoms with Gasteiger partial charge in [0, 0.05) is 18.9 Å². The van der Waals surface area contributed by atoms with Crippen LogP contribution in [0.2, 0.25) is 0 Å². The van der Waals surface area contributed by atoms with Crippen LogP contribution in [0.15, 0.2) is 24.5 Å². The Hall–Kier alpha value is -1.68. The van der Waals surface area contributed by atoms with Crippen molar-refractivity contribution >= 4 is 12.0 Å². The van der Waals surface area contributed by atoms with Gasteiger partial charge in [-0.3, -0.25) is 9.78 Å².